The fourth-order valence-electron chi connectivity index (χ4n) is 3.21. The molecule has 2 aromatic carbocycles. The topological polar surface area (TPSA) is 82.5 Å². The van der Waals surface area contributed by atoms with E-state index in [4.69, 9.17) is 9.47 Å². The van der Waals surface area contributed by atoms with Gasteiger partial charge in [-0.1, -0.05) is 22.0 Å². The van der Waals surface area contributed by atoms with Crippen LogP contribution in [0.2, 0.25) is 0 Å². The Kier molecular flexibility index (Phi) is 6.56. The zero-order valence-electron chi connectivity index (χ0n) is 17.2. The zero-order chi connectivity index (χ0) is 21.8. The van der Waals surface area contributed by atoms with Crippen LogP contribution in [0.25, 0.3) is 5.69 Å². The molecular weight excluding hydrogens is 450 g/mol. The van der Waals surface area contributed by atoms with Gasteiger partial charge in [0.2, 0.25) is 0 Å². The highest BCUT2D eigenvalue weighted by Crippen LogP contribution is 2.22. The minimum absolute atomic E-state index is 0.233. The van der Waals surface area contributed by atoms with E-state index in [1.165, 1.54) is 14.2 Å². The SMILES string of the molecule is COC(=O)c1cc(CNC(=O)c2c(C)nn(-c3ccc(Br)cc3)c2C)ccc1OC. The highest BCUT2D eigenvalue weighted by molar-refractivity contribution is 9.10. The maximum atomic E-state index is 12.9. The van der Waals surface area contributed by atoms with Crippen LogP contribution in [0.4, 0.5) is 0 Å². The summed E-state index contributed by atoms with van der Waals surface area (Å²) in [6, 6.07) is 12.8. The van der Waals surface area contributed by atoms with Gasteiger partial charge in [0.15, 0.2) is 0 Å². The molecule has 0 fully saturated rings. The van der Waals surface area contributed by atoms with Crippen LogP contribution in [-0.4, -0.2) is 35.9 Å². The Bertz CT molecular complexity index is 1090. The number of hydrogen-bond donors (Lipinski definition) is 1. The first-order valence-corrected chi connectivity index (χ1v) is 10.0. The van der Waals surface area contributed by atoms with Gasteiger partial charge in [0.1, 0.15) is 11.3 Å². The van der Waals surface area contributed by atoms with Crippen molar-refractivity contribution in [2.75, 3.05) is 14.2 Å². The van der Waals surface area contributed by atoms with Crippen molar-refractivity contribution in [2.45, 2.75) is 20.4 Å². The van der Waals surface area contributed by atoms with Gasteiger partial charge in [-0.05, 0) is 55.8 Å². The molecule has 1 amide bonds. The quantitative estimate of drug-likeness (QED) is 0.549. The predicted octanol–water partition coefficient (Wildman–Crippen LogP) is 3.98. The van der Waals surface area contributed by atoms with Crippen LogP contribution in [0, 0.1) is 13.8 Å². The van der Waals surface area contributed by atoms with Crippen molar-refractivity contribution in [2.24, 2.45) is 0 Å². The van der Waals surface area contributed by atoms with Crippen molar-refractivity contribution in [3.8, 4) is 11.4 Å². The van der Waals surface area contributed by atoms with Gasteiger partial charge in [-0.25, -0.2) is 9.48 Å². The molecule has 0 unspecified atom stereocenters. The number of rotatable bonds is 6. The first-order chi connectivity index (χ1) is 14.3. The second-order valence-corrected chi connectivity index (χ2v) is 7.56. The van der Waals surface area contributed by atoms with Crippen molar-refractivity contribution in [3.05, 3.63) is 75.0 Å². The average Bonchev–Trinajstić information content (AvgIpc) is 3.05. The summed E-state index contributed by atoms with van der Waals surface area (Å²) in [7, 11) is 2.79. The monoisotopic (exact) mass is 471 g/mol. The minimum atomic E-state index is -0.498. The molecule has 156 valence electrons. The summed E-state index contributed by atoms with van der Waals surface area (Å²) in [6.07, 6.45) is 0. The number of nitrogens with zero attached hydrogens (tertiary/aromatic N) is 2. The van der Waals surface area contributed by atoms with Gasteiger partial charge in [-0.15, -0.1) is 0 Å². The molecule has 30 heavy (non-hydrogen) atoms. The van der Waals surface area contributed by atoms with E-state index in [0.29, 0.717) is 22.6 Å². The molecule has 1 heterocycles. The van der Waals surface area contributed by atoms with Crippen LogP contribution in [0.15, 0.2) is 46.9 Å². The third-order valence-corrected chi connectivity index (χ3v) is 5.24. The third-order valence-electron chi connectivity index (χ3n) is 4.71. The van der Waals surface area contributed by atoms with E-state index in [0.717, 1.165) is 21.4 Å². The summed E-state index contributed by atoms with van der Waals surface area (Å²) < 4.78 is 12.7. The summed E-state index contributed by atoms with van der Waals surface area (Å²) in [5.74, 6) is -0.314. The van der Waals surface area contributed by atoms with Crippen LogP contribution >= 0.6 is 15.9 Å². The van der Waals surface area contributed by atoms with E-state index >= 15 is 0 Å². The second-order valence-electron chi connectivity index (χ2n) is 6.64. The number of amides is 1. The first kappa shape index (κ1) is 21.6. The summed E-state index contributed by atoms with van der Waals surface area (Å²) in [4.78, 5) is 24.8. The second kappa shape index (κ2) is 9.13. The molecule has 0 bridgehead atoms. The molecule has 1 N–H and O–H groups in total. The molecule has 0 saturated carbocycles. The number of benzene rings is 2. The standard InChI is InChI=1S/C22H22BrN3O4/c1-13-20(14(2)26(25-13)17-8-6-16(23)7-9-17)21(27)24-12-15-5-10-19(29-3)18(11-15)22(28)30-4/h5-11H,12H2,1-4H3,(H,24,27). The maximum absolute atomic E-state index is 12.9. The van der Waals surface area contributed by atoms with Gasteiger partial charge in [0.25, 0.3) is 5.91 Å². The summed E-state index contributed by atoms with van der Waals surface area (Å²) in [5.41, 5.74) is 3.84. The largest absolute Gasteiger partial charge is 0.496 e. The number of methoxy groups -OCH3 is 2. The van der Waals surface area contributed by atoms with Crippen LogP contribution < -0.4 is 10.1 Å². The van der Waals surface area contributed by atoms with Gasteiger partial charge in [0, 0.05) is 11.0 Å². The molecule has 3 rings (SSSR count). The smallest absolute Gasteiger partial charge is 0.341 e. The fraction of sp³-hybridized carbons (Fsp3) is 0.227. The molecular formula is C22H22BrN3O4. The van der Waals surface area contributed by atoms with Crippen molar-refractivity contribution >= 4 is 27.8 Å². The Morgan fingerprint density at radius 1 is 1.10 bits per heavy atom. The van der Waals surface area contributed by atoms with Crippen LogP contribution in [-0.2, 0) is 11.3 Å². The summed E-state index contributed by atoms with van der Waals surface area (Å²) >= 11 is 3.42. The Labute approximate surface area is 183 Å². The lowest BCUT2D eigenvalue weighted by molar-refractivity contribution is 0.0597. The number of hydrogen-bond acceptors (Lipinski definition) is 5. The van der Waals surface area contributed by atoms with E-state index in [-0.39, 0.29) is 12.5 Å². The summed E-state index contributed by atoms with van der Waals surface area (Å²) in [5, 5.41) is 7.42. The lowest BCUT2D eigenvalue weighted by Crippen LogP contribution is -2.24. The van der Waals surface area contributed by atoms with Gasteiger partial charge in [-0.3, -0.25) is 4.79 Å². The van der Waals surface area contributed by atoms with Gasteiger partial charge in [-0.2, -0.15) is 5.10 Å². The highest BCUT2D eigenvalue weighted by atomic mass is 79.9. The number of carbonyl (C=O) groups excluding carboxylic acids is 2. The first-order valence-electron chi connectivity index (χ1n) is 9.21. The molecule has 8 heteroatoms. The van der Waals surface area contributed by atoms with Crippen molar-refractivity contribution in [1.29, 1.82) is 0 Å². The molecule has 0 saturated heterocycles. The molecule has 0 atom stereocenters. The van der Waals surface area contributed by atoms with E-state index < -0.39 is 5.97 Å². The molecule has 3 aromatic rings. The molecule has 7 nitrogen and oxygen atoms in total. The van der Waals surface area contributed by atoms with E-state index in [2.05, 4.69) is 26.3 Å². The number of ether oxygens (including phenoxy) is 2. The lowest BCUT2D eigenvalue weighted by Gasteiger charge is -2.10. The van der Waals surface area contributed by atoms with Crippen molar-refractivity contribution < 1.29 is 19.1 Å². The van der Waals surface area contributed by atoms with Gasteiger partial charge in [0.05, 0.1) is 36.9 Å². The van der Waals surface area contributed by atoms with E-state index in [1.54, 1.807) is 29.8 Å². The zero-order valence-corrected chi connectivity index (χ0v) is 18.7. The Balaban J connectivity index is 1.80. The Morgan fingerprint density at radius 2 is 1.80 bits per heavy atom. The van der Waals surface area contributed by atoms with Crippen LogP contribution in [0.3, 0.4) is 0 Å². The summed E-state index contributed by atoms with van der Waals surface area (Å²) in [6.45, 7) is 3.91. The van der Waals surface area contributed by atoms with E-state index in [1.807, 2.05) is 31.2 Å². The van der Waals surface area contributed by atoms with Crippen LogP contribution in [0.1, 0.15) is 37.7 Å². The fourth-order valence-corrected chi connectivity index (χ4v) is 3.47. The maximum Gasteiger partial charge on any atom is 0.341 e. The van der Waals surface area contributed by atoms with Crippen LogP contribution in [0.5, 0.6) is 5.75 Å². The lowest BCUT2D eigenvalue weighted by atomic mass is 10.1. The number of aromatic nitrogens is 2. The minimum Gasteiger partial charge on any atom is -0.496 e. The molecule has 0 spiro atoms. The Hall–Kier alpha value is -3.13. The molecule has 0 radical (unpaired) electrons. The number of aryl methyl sites for hydroxylation is 1. The van der Waals surface area contributed by atoms with Gasteiger partial charge >= 0.3 is 5.97 Å². The number of halogens is 1. The number of carbonyl (C=O) groups is 2. The van der Waals surface area contributed by atoms with Crippen molar-refractivity contribution in [1.82, 2.24) is 15.1 Å². The van der Waals surface area contributed by atoms with E-state index in [9.17, 15) is 9.59 Å². The number of nitrogens with one attached hydrogen (secondary N) is 1. The van der Waals surface area contributed by atoms with Crippen molar-refractivity contribution in [3.63, 3.8) is 0 Å². The molecule has 0 aliphatic rings. The Morgan fingerprint density at radius 3 is 2.43 bits per heavy atom. The van der Waals surface area contributed by atoms with Gasteiger partial charge < -0.3 is 14.8 Å². The molecule has 1 aromatic heterocycles. The third kappa shape index (κ3) is 4.38. The molecule has 0 aliphatic carbocycles. The number of esters is 1. The molecule has 0 aliphatic heterocycles. The highest BCUT2D eigenvalue weighted by Gasteiger charge is 2.20. The normalized spacial score (nSPS) is 10.6. The predicted molar refractivity (Wildman–Crippen MR) is 116 cm³/mol. The average molecular weight is 472 g/mol.